The molecule has 0 radical (unpaired) electrons. The summed E-state index contributed by atoms with van der Waals surface area (Å²) in [6, 6.07) is 1.77. The number of carbonyl (C=O) groups is 1. The van der Waals surface area contributed by atoms with E-state index in [-0.39, 0.29) is 17.0 Å². The monoisotopic (exact) mass is 314 g/mol. The van der Waals surface area contributed by atoms with Crippen LogP contribution in [0, 0.1) is 13.8 Å². The second-order valence-electron chi connectivity index (χ2n) is 6.17. The van der Waals surface area contributed by atoms with Crippen LogP contribution in [0.1, 0.15) is 57.8 Å². The molecule has 0 atom stereocenters. The van der Waals surface area contributed by atoms with E-state index < -0.39 is 0 Å². The number of rotatable bonds is 3. The Morgan fingerprint density at radius 1 is 1.26 bits per heavy atom. The normalized spacial score (nSPS) is 14.2. The highest BCUT2D eigenvalue weighted by Crippen LogP contribution is 2.18. The molecule has 6 heteroatoms. The van der Waals surface area contributed by atoms with Crippen molar-refractivity contribution in [2.24, 2.45) is 0 Å². The number of aromatic nitrogens is 3. The van der Waals surface area contributed by atoms with Gasteiger partial charge in [-0.25, -0.2) is 0 Å². The van der Waals surface area contributed by atoms with Gasteiger partial charge in [0.15, 0.2) is 0 Å². The SMILES string of the molecule is Cc1n[nH]c(C)c1CNC(=O)c1cc2c([nH]c1=O)CCCCC2. The molecule has 1 amide bonds. The van der Waals surface area contributed by atoms with Gasteiger partial charge in [0.1, 0.15) is 5.56 Å². The maximum atomic E-state index is 12.4. The van der Waals surface area contributed by atoms with Gasteiger partial charge in [-0.1, -0.05) is 6.42 Å². The van der Waals surface area contributed by atoms with E-state index in [1.807, 2.05) is 13.8 Å². The fraction of sp³-hybridized carbons (Fsp3) is 0.471. The molecule has 6 nitrogen and oxygen atoms in total. The predicted octanol–water partition coefficient (Wildman–Crippen LogP) is 1.91. The molecule has 2 aromatic heterocycles. The molecule has 3 N–H and O–H groups in total. The van der Waals surface area contributed by atoms with Gasteiger partial charge in [-0.15, -0.1) is 0 Å². The Kier molecular flexibility index (Phi) is 4.32. The summed E-state index contributed by atoms with van der Waals surface area (Å²) in [7, 11) is 0. The summed E-state index contributed by atoms with van der Waals surface area (Å²) >= 11 is 0. The van der Waals surface area contributed by atoms with Crippen molar-refractivity contribution >= 4 is 5.91 Å². The Morgan fingerprint density at radius 2 is 2.04 bits per heavy atom. The van der Waals surface area contributed by atoms with E-state index in [4.69, 9.17) is 0 Å². The van der Waals surface area contributed by atoms with Gasteiger partial charge in [-0.2, -0.15) is 5.10 Å². The lowest BCUT2D eigenvalue weighted by atomic mass is 10.1. The number of hydrogen-bond acceptors (Lipinski definition) is 3. The highest BCUT2D eigenvalue weighted by atomic mass is 16.2. The number of H-pyrrole nitrogens is 2. The van der Waals surface area contributed by atoms with Crippen LogP contribution in [0.2, 0.25) is 0 Å². The summed E-state index contributed by atoms with van der Waals surface area (Å²) in [5.41, 5.74) is 4.74. The summed E-state index contributed by atoms with van der Waals surface area (Å²) in [5.74, 6) is -0.335. The highest BCUT2D eigenvalue weighted by Gasteiger charge is 2.17. The third-order valence-corrected chi connectivity index (χ3v) is 4.54. The first kappa shape index (κ1) is 15.5. The molecular formula is C17H22N4O2. The minimum absolute atomic E-state index is 0.199. The fourth-order valence-corrected chi connectivity index (χ4v) is 3.12. The molecule has 3 rings (SSSR count). The molecule has 23 heavy (non-hydrogen) atoms. The molecule has 0 fully saturated rings. The van der Waals surface area contributed by atoms with E-state index in [2.05, 4.69) is 20.5 Å². The van der Waals surface area contributed by atoms with Crippen molar-refractivity contribution < 1.29 is 4.79 Å². The van der Waals surface area contributed by atoms with Gasteiger partial charge in [0.25, 0.3) is 11.5 Å². The lowest BCUT2D eigenvalue weighted by Crippen LogP contribution is -2.30. The van der Waals surface area contributed by atoms with Crippen molar-refractivity contribution in [3.63, 3.8) is 0 Å². The summed E-state index contributed by atoms with van der Waals surface area (Å²) in [6.07, 6.45) is 5.17. The molecule has 2 aromatic rings. The fourth-order valence-electron chi connectivity index (χ4n) is 3.12. The van der Waals surface area contributed by atoms with E-state index >= 15 is 0 Å². The van der Waals surface area contributed by atoms with Crippen LogP contribution in [0.4, 0.5) is 0 Å². The molecule has 0 spiro atoms. The first-order chi connectivity index (χ1) is 11.1. The Hall–Kier alpha value is -2.37. The van der Waals surface area contributed by atoms with Crippen LogP contribution in [0.3, 0.4) is 0 Å². The van der Waals surface area contributed by atoms with Crippen molar-refractivity contribution in [2.75, 3.05) is 0 Å². The van der Waals surface area contributed by atoms with Crippen molar-refractivity contribution in [3.8, 4) is 0 Å². The van der Waals surface area contributed by atoms with Gasteiger partial charge in [-0.05, 0) is 51.2 Å². The van der Waals surface area contributed by atoms with Crippen LogP contribution < -0.4 is 10.9 Å². The number of aryl methyl sites for hydroxylation is 4. The van der Waals surface area contributed by atoms with Crippen molar-refractivity contribution in [2.45, 2.75) is 52.5 Å². The van der Waals surface area contributed by atoms with E-state index in [0.29, 0.717) is 6.54 Å². The molecule has 0 unspecified atom stereocenters. The van der Waals surface area contributed by atoms with Crippen molar-refractivity contribution in [3.05, 3.63) is 50.2 Å². The molecule has 1 aliphatic carbocycles. The van der Waals surface area contributed by atoms with E-state index in [9.17, 15) is 9.59 Å². The molecule has 2 heterocycles. The highest BCUT2D eigenvalue weighted by molar-refractivity contribution is 5.94. The Morgan fingerprint density at radius 3 is 2.78 bits per heavy atom. The zero-order valence-electron chi connectivity index (χ0n) is 13.6. The summed E-state index contributed by atoms with van der Waals surface area (Å²) < 4.78 is 0. The number of nitrogens with zero attached hydrogens (tertiary/aromatic N) is 1. The first-order valence-corrected chi connectivity index (χ1v) is 8.10. The van der Waals surface area contributed by atoms with Crippen molar-refractivity contribution in [1.29, 1.82) is 0 Å². The molecule has 0 saturated carbocycles. The third kappa shape index (κ3) is 3.21. The number of nitrogens with one attached hydrogen (secondary N) is 3. The van der Waals surface area contributed by atoms with Crippen LogP contribution in [-0.2, 0) is 19.4 Å². The van der Waals surface area contributed by atoms with Crippen LogP contribution in [0.25, 0.3) is 0 Å². The van der Waals surface area contributed by atoms with Gasteiger partial charge in [0, 0.05) is 23.5 Å². The maximum absolute atomic E-state index is 12.4. The van der Waals surface area contributed by atoms with E-state index in [0.717, 1.165) is 60.3 Å². The van der Waals surface area contributed by atoms with Gasteiger partial charge >= 0.3 is 0 Å². The molecule has 122 valence electrons. The average Bonchev–Trinajstić information content (AvgIpc) is 2.73. The van der Waals surface area contributed by atoms with Crippen molar-refractivity contribution in [1.82, 2.24) is 20.5 Å². The van der Waals surface area contributed by atoms with Crippen LogP contribution in [-0.4, -0.2) is 21.1 Å². The topological polar surface area (TPSA) is 90.6 Å². The van der Waals surface area contributed by atoms with E-state index in [1.54, 1.807) is 6.07 Å². The number of carbonyl (C=O) groups excluding carboxylic acids is 1. The lowest BCUT2D eigenvalue weighted by molar-refractivity contribution is 0.0949. The largest absolute Gasteiger partial charge is 0.348 e. The molecule has 0 aromatic carbocycles. The predicted molar refractivity (Wildman–Crippen MR) is 87.6 cm³/mol. The second kappa shape index (κ2) is 6.40. The molecule has 0 saturated heterocycles. The minimum atomic E-state index is -0.335. The van der Waals surface area contributed by atoms with Gasteiger partial charge in [0.2, 0.25) is 0 Å². The number of aromatic amines is 2. The zero-order valence-corrected chi connectivity index (χ0v) is 13.6. The quantitative estimate of drug-likeness (QED) is 0.756. The summed E-state index contributed by atoms with van der Waals surface area (Å²) in [4.78, 5) is 27.5. The average molecular weight is 314 g/mol. The number of hydrogen-bond donors (Lipinski definition) is 3. The van der Waals surface area contributed by atoms with Gasteiger partial charge in [-0.3, -0.25) is 14.7 Å². The zero-order chi connectivity index (χ0) is 16.4. The number of pyridine rings is 1. The first-order valence-electron chi connectivity index (χ1n) is 8.10. The van der Waals surface area contributed by atoms with Gasteiger partial charge < -0.3 is 10.3 Å². The number of amides is 1. The van der Waals surface area contributed by atoms with Crippen LogP contribution >= 0.6 is 0 Å². The summed E-state index contributed by atoms with van der Waals surface area (Å²) in [5, 5.41) is 9.83. The smallest absolute Gasteiger partial charge is 0.261 e. The Labute approximate surface area is 134 Å². The molecule has 0 aliphatic heterocycles. The van der Waals surface area contributed by atoms with Crippen LogP contribution in [0.5, 0.6) is 0 Å². The second-order valence-corrected chi connectivity index (χ2v) is 6.17. The Bertz CT molecular complexity index is 769. The third-order valence-electron chi connectivity index (χ3n) is 4.54. The van der Waals surface area contributed by atoms with Gasteiger partial charge in [0.05, 0.1) is 5.69 Å². The molecule has 0 bridgehead atoms. The molecule has 1 aliphatic rings. The number of fused-ring (bicyclic) bond motifs is 1. The maximum Gasteiger partial charge on any atom is 0.261 e. The van der Waals surface area contributed by atoms with Crippen LogP contribution in [0.15, 0.2) is 10.9 Å². The lowest BCUT2D eigenvalue weighted by Gasteiger charge is -2.09. The standard InChI is InChI=1S/C17H22N4O2/c1-10-14(11(2)21-20-10)9-18-16(22)13-8-12-6-4-3-5-7-15(12)19-17(13)23/h8H,3-7,9H2,1-2H3,(H,18,22)(H,19,23)(H,20,21). The summed E-state index contributed by atoms with van der Waals surface area (Å²) in [6.45, 7) is 4.17. The minimum Gasteiger partial charge on any atom is -0.348 e. The van der Waals surface area contributed by atoms with E-state index in [1.165, 1.54) is 0 Å². The Balaban J connectivity index is 1.80. The molecular weight excluding hydrogens is 292 g/mol.